The lowest BCUT2D eigenvalue weighted by Crippen LogP contribution is -2.16. The number of hydrogen-bond acceptors (Lipinski definition) is 3. The van der Waals surface area contributed by atoms with Crippen LogP contribution in [0.25, 0.3) is 10.9 Å². The molecule has 0 amide bonds. The fourth-order valence-corrected chi connectivity index (χ4v) is 2.57. The smallest absolute Gasteiger partial charge is 0.418 e. The van der Waals surface area contributed by atoms with Gasteiger partial charge in [0.25, 0.3) is 0 Å². The first-order valence-corrected chi connectivity index (χ1v) is 7.13. The summed E-state index contributed by atoms with van der Waals surface area (Å²) in [5.74, 6) is -0.923. The highest BCUT2D eigenvalue weighted by Gasteiger charge is 2.35. The van der Waals surface area contributed by atoms with Crippen LogP contribution in [0.15, 0.2) is 21.4 Å². The van der Waals surface area contributed by atoms with Crippen molar-refractivity contribution in [3.8, 4) is 0 Å². The van der Waals surface area contributed by atoms with Crippen LogP contribution >= 0.6 is 27.5 Å². The van der Waals surface area contributed by atoms with Crippen molar-refractivity contribution in [1.82, 2.24) is 4.98 Å². The second-order valence-corrected chi connectivity index (χ2v) is 5.47. The number of nitrogens with one attached hydrogen (secondary N) is 1. The Balaban J connectivity index is 2.89. The van der Waals surface area contributed by atoms with E-state index in [9.17, 15) is 22.8 Å². The first kappa shape index (κ1) is 16.8. The van der Waals surface area contributed by atoms with Crippen LogP contribution in [0.5, 0.6) is 0 Å². The third kappa shape index (κ3) is 2.98. The molecular weight excluding hydrogens is 390 g/mol. The Morgan fingerprint density at radius 1 is 1.41 bits per heavy atom. The van der Waals surface area contributed by atoms with E-state index in [1.165, 1.54) is 6.92 Å². The van der Waals surface area contributed by atoms with E-state index in [0.29, 0.717) is 0 Å². The van der Waals surface area contributed by atoms with Gasteiger partial charge in [0.1, 0.15) is 5.69 Å². The number of alkyl halides is 3. The quantitative estimate of drug-likeness (QED) is 0.774. The van der Waals surface area contributed by atoms with Crippen LogP contribution < -0.4 is 5.43 Å². The average Bonchev–Trinajstić information content (AvgIpc) is 2.41. The minimum atomic E-state index is -4.73. The van der Waals surface area contributed by atoms with Crippen LogP contribution in [0.1, 0.15) is 23.0 Å². The molecule has 2 aromatic rings. The molecule has 9 heteroatoms. The molecule has 1 aromatic heterocycles. The lowest BCUT2D eigenvalue weighted by atomic mass is 10.1. The van der Waals surface area contributed by atoms with E-state index in [2.05, 4.69) is 25.7 Å². The molecule has 22 heavy (non-hydrogen) atoms. The molecule has 0 saturated carbocycles. The van der Waals surface area contributed by atoms with Gasteiger partial charge in [-0.3, -0.25) is 4.79 Å². The Hall–Kier alpha value is -1.54. The number of hydrogen-bond donors (Lipinski definition) is 1. The highest BCUT2D eigenvalue weighted by Crippen LogP contribution is 2.39. The molecule has 0 bridgehead atoms. The zero-order valence-electron chi connectivity index (χ0n) is 11.0. The number of ether oxygens (including phenoxy) is 1. The van der Waals surface area contributed by atoms with Crippen molar-refractivity contribution in [3.05, 3.63) is 43.1 Å². The fourth-order valence-electron chi connectivity index (χ4n) is 1.90. The number of carbonyl (C=O) groups excluding carboxylic acids is 1. The van der Waals surface area contributed by atoms with Gasteiger partial charge in [-0.25, -0.2) is 4.79 Å². The van der Waals surface area contributed by atoms with Crippen molar-refractivity contribution >= 4 is 44.4 Å². The van der Waals surface area contributed by atoms with Crippen LogP contribution in [-0.2, 0) is 10.9 Å². The van der Waals surface area contributed by atoms with Gasteiger partial charge in [-0.05, 0) is 28.9 Å². The van der Waals surface area contributed by atoms with Gasteiger partial charge >= 0.3 is 12.1 Å². The van der Waals surface area contributed by atoms with E-state index in [1.807, 2.05) is 0 Å². The number of rotatable bonds is 2. The lowest BCUT2D eigenvalue weighted by Gasteiger charge is -2.13. The Kier molecular flexibility index (Phi) is 4.53. The van der Waals surface area contributed by atoms with E-state index in [0.717, 1.165) is 12.1 Å². The number of aromatic amines is 1. The lowest BCUT2D eigenvalue weighted by molar-refractivity contribution is -0.136. The number of H-pyrrole nitrogens is 1. The van der Waals surface area contributed by atoms with E-state index < -0.39 is 28.7 Å². The van der Waals surface area contributed by atoms with E-state index in [-0.39, 0.29) is 27.2 Å². The summed E-state index contributed by atoms with van der Waals surface area (Å²) in [4.78, 5) is 26.0. The van der Waals surface area contributed by atoms with Gasteiger partial charge in [0, 0.05) is 10.5 Å². The van der Waals surface area contributed by atoms with Gasteiger partial charge in [0.2, 0.25) is 0 Å². The summed E-state index contributed by atoms with van der Waals surface area (Å²) in [7, 11) is 0. The Bertz CT molecular complexity index is 817. The fraction of sp³-hybridized carbons (Fsp3) is 0.231. The number of benzene rings is 1. The summed E-state index contributed by atoms with van der Waals surface area (Å²) in [6.45, 7) is 1.55. The van der Waals surface area contributed by atoms with Gasteiger partial charge in [-0.15, -0.1) is 0 Å². The predicted octanol–water partition coefficient (Wildman–Crippen LogP) is 4.14. The third-order valence-electron chi connectivity index (χ3n) is 2.80. The monoisotopic (exact) mass is 397 g/mol. The van der Waals surface area contributed by atoms with Crippen LogP contribution in [0.3, 0.4) is 0 Å². The van der Waals surface area contributed by atoms with E-state index in [4.69, 9.17) is 11.6 Å². The molecule has 1 N–H and O–H groups in total. The molecule has 1 heterocycles. The molecule has 118 valence electrons. The van der Waals surface area contributed by atoms with Crippen LogP contribution in [0, 0.1) is 0 Å². The molecule has 0 aliphatic rings. The second kappa shape index (κ2) is 5.92. The summed E-state index contributed by atoms with van der Waals surface area (Å²) in [5.41, 5.74) is -2.85. The third-order valence-corrected chi connectivity index (χ3v) is 4.05. The van der Waals surface area contributed by atoms with Gasteiger partial charge in [0.15, 0.2) is 5.43 Å². The highest BCUT2D eigenvalue weighted by molar-refractivity contribution is 9.10. The summed E-state index contributed by atoms with van der Waals surface area (Å²) in [6.07, 6.45) is -4.73. The summed E-state index contributed by atoms with van der Waals surface area (Å²) in [5, 5.41) is -0.518. The molecule has 0 unspecified atom stereocenters. The van der Waals surface area contributed by atoms with Gasteiger partial charge in [-0.1, -0.05) is 11.6 Å². The standard InChI is InChI=1S/C13H8BrClF3NO3/c1-2-22-12(21)7-4-8(20)9-10(15)6(14)3-5(11(9)19-7)13(16,17)18/h3-4H,2H2,1H3,(H,19,20). The zero-order chi connectivity index (χ0) is 16.7. The number of carbonyl (C=O) groups is 1. The van der Waals surface area contributed by atoms with Crippen LogP contribution in [-0.4, -0.2) is 17.6 Å². The molecule has 0 radical (unpaired) electrons. The maximum atomic E-state index is 13.1. The molecular formula is C13H8BrClF3NO3. The van der Waals surface area contributed by atoms with Gasteiger partial charge in [-0.2, -0.15) is 13.2 Å². The highest BCUT2D eigenvalue weighted by atomic mass is 79.9. The number of fused-ring (bicyclic) bond motifs is 1. The van der Waals surface area contributed by atoms with Crippen molar-refractivity contribution in [2.75, 3.05) is 6.61 Å². The Labute approximate surface area is 135 Å². The number of pyridine rings is 1. The maximum absolute atomic E-state index is 13.1. The largest absolute Gasteiger partial charge is 0.461 e. The predicted molar refractivity (Wildman–Crippen MR) is 78.2 cm³/mol. The maximum Gasteiger partial charge on any atom is 0.418 e. The normalized spacial score (nSPS) is 11.7. The minimum Gasteiger partial charge on any atom is -0.461 e. The average molecular weight is 399 g/mol. The van der Waals surface area contributed by atoms with Gasteiger partial charge < -0.3 is 9.72 Å². The van der Waals surface area contributed by atoms with Crippen molar-refractivity contribution in [2.24, 2.45) is 0 Å². The molecule has 0 fully saturated rings. The molecule has 1 aromatic carbocycles. The molecule has 0 atom stereocenters. The summed E-state index contributed by atoms with van der Waals surface area (Å²) < 4.78 is 44.0. The van der Waals surface area contributed by atoms with Crippen molar-refractivity contribution in [1.29, 1.82) is 0 Å². The first-order valence-electron chi connectivity index (χ1n) is 5.96. The Morgan fingerprint density at radius 2 is 2.05 bits per heavy atom. The van der Waals surface area contributed by atoms with Crippen molar-refractivity contribution in [3.63, 3.8) is 0 Å². The second-order valence-electron chi connectivity index (χ2n) is 4.24. The van der Waals surface area contributed by atoms with Crippen molar-refractivity contribution in [2.45, 2.75) is 13.1 Å². The SMILES string of the molecule is CCOC(=O)c1cc(=O)c2c(Cl)c(Br)cc(C(F)(F)F)c2[nH]1. The molecule has 0 aliphatic carbocycles. The topological polar surface area (TPSA) is 59.2 Å². The van der Waals surface area contributed by atoms with Crippen LogP contribution in [0.4, 0.5) is 13.2 Å². The van der Waals surface area contributed by atoms with Crippen LogP contribution in [0.2, 0.25) is 5.02 Å². The minimum absolute atomic E-state index is 0.0200. The van der Waals surface area contributed by atoms with E-state index in [1.54, 1.807) is 0 Å². The Morgan fingerprint density at radius 3 is 2.59 bits per heavy atom. The number of esters is 1. The molecule has 0 aliphatic heterocycles. The molecule has 4 nitrogen and oxygen atoms in total. The first-order chi connectivity index (χ1) is 10.2. The summed E-state index contributed by atoms with van der Waals surface area (Å²) in [6, 6.07) is 1.61. The van der Waals surface area contributed by atoms with Gasteiger partial charge in [0.05, 0.1) is 28.1 Å². The molecule has 2 rings (SSSR count). The zero-order valence-corrected chi connectivity index (χ0v) is 13.3. The van der Waals surface area contributed by atoms with E-state index >= 15 is 0 Å². The van der Waals surface area contributed by atoms with Crippen molar-refractivity contribution < 1.29 is 22.7 Å². The summed E-state index contributed by atoms with van der Waals surface area (Å²) >= 11 is 8.79. The number of aromatic nitrogens is 1. The molecule has 0 saturated heterocycles. The number of halogens is 5. The molecule has 0 spiro atoms.